The first-order valence-corrected chi connectivity index (χ1v) is 4.94. The minimum absolute atomic E-state index is 0.0179. The van der Waals surface area contributed by atoms with Crippen molar-refractivity contribution < 1.29 is 23.3 Å². The zero-order chi connectivity index (χ0) is 13.3. The van der Waals surface area contributed by atoms with Gasteiger partial charge in [-0.1, -0.05) is 23.4 Å². The molecule has 5 nitrogen and oxygen atoms in total. The summed E-state index contributed by atoms with van der Waals surface area (Å²) in [5, 5.41) is 10.3. The highest BCUT2D eigenvalue weighted by molar-refractivity contribution is 5.29. The van der Waals surface area contributed by atoms with E-state index in [0.29, 0.717) is 0 Å². The van der Waals surface area contributed by atoms with Gasteiger partial charge in [0, 0.05) is 0 Å². The molecule has 0 bridgehead atoms. The van der Waals surface area contributed by atoms with Crippen LogP contribution in [0.5, 0.6) is 0 Å². The number of rotatable bonds is 2. The summed E-state index contributed by atoms with van der Waals surface area (Å²) < 4.78 is 38.1. The molecule has 3 N–H and O–H groups in total. The van der Waals surface area contributed by atoms with Crippen LogP contribution in [0.1, 0.15) is 11.1 Å². The minimum atomic E-state index is -4.44. The molecule has 2 rings (SSSR count). The van der Waals surface area contributed by atoms with Crippen molar-refractivity contribution in [3.05, 3.63) is 47.4 Å². The van der Waals surface area contributed by atoms with E-state index in [4.69, 9.17) is 10.9 Å². The first-order chi connectivity index (χ1) is 8.38. The van der Waals surface area contributed by atoms with E-state index in [1.165, 1.54) is 24.4 Å². The molecular formula is C10H10F3N3O2. The smallest absolute Gasteiger partial charge is 0.380 e. The van der Waals surface area contributed by atoms with Crippen LogP contribution in [0.2, 0.25) is 0 Å². The van der Waals surface area contributed by atoms with Gasteiger partial charge < -0.3 is 5.73 Å². The third kappa shape index (κ3) is 2.49. The molecule has 1 aromatic rings. The van der Waals surface area contributed by atoms with Crippen LogP contribution in [-0.2, 0) is 17.7 Å². The average Bonchev–Trinajstić information content (AvgIpc) is 2.57. The van der Waals surface area contributed by atoms with Crippen LogP contribution in [-0.4, -0.2) is 15.5 Å². The fraction of sp³-hybridized carbons (Fsp3) is 0.200. The molecule has 1 heterocycles. The van der Waals surface area contributed by atoms with Gasteiger partial charge in [0.15, 0.2) is 5.82 Å². The van der Waals surface area contributed by atoms with Gasteiger partial charge in [-0.2, -0.15) is 13.2 Å². The molecule has 0 saturated carbocycles. The Morgan fingerprint density at radius 1 is 1.28 bits per heavy atom. The molecule has 0 saturated heterocycles. The van der Waals surface area contributed by atoms with E-state index >= 15 is 0 Å². The third-order valence-electron chi connectivity index (χ3n) is 2.33. The lowest BCUT2D eigenvalue weighted by Gasteiger charge is -2.18. The van der Waals surface area contributed by atoms with Gasteiger partial charge in [-0.3, -0.25) is 5.21 Å². The van der Waals surface area contributed by atoms with Crippen LogP contribution >= 0.6 is 0 Å². The van der Waals surface area contributed by atoms with Crippen molar-refractivity contribution in [3.8, 4) is 0 Å². The predicted octanol–water partition coefficient (Wildman–Crippen LogP) is 1.82. The molecule has 1 aliphatic heterocycles. The van der Waals surface area contributed by atoms with Crippen LogP contribution in [0, 0.1) is 0 Å². The Hall–Kier alpha value is -1.93. The van der Waals surface area contributed by atoms with E-state index in [2.05, 4.69) is 4.94 Å². The van der Waals surface area contributed by atoms with Gasteiger partial charge in [-0.15, -0.1) is 4.94 Å². The normalized spacial score (nSPS) is 16.1. The summed E-state index contributed by atoms with van der Waals surface area (Å²) in [5.41, 5.74) is 4.56. The maximum Gasteiger partial charge on any atom is 0.416 e. The quantitative estimate of drug-likeness (QED) is 0.850. The number of hydroxylamine groups is 4. The third-order valence-corrected chi connectivity index (χ3v) is 2.33. The van der Waals surface area contributed by atoms with Gasteiger partial charge in [0.05, 0.1) is 18.3 Å². The number of hydrogen-bond donors (Lipinski definition) is 2. The van der Waals surface area contributed by atoms with Crippen LogP contribution in [0.4, 0.5) is 13.2 Å². The molecule has 1 aliphatic rings. The summed E-state index contributed by atoms with van der Waals surface area (Å²) in [5.74, 6) is -0.112. The van der Waals surface area contributed by atoms with Crippen molar-refractivity contribution in [2.24, 2.45) is 5.73 Å². The molecule has 0 atom stereocenters. The van der Waals surface area contributed by atoms with Gasteiger partial charge >= 0.3 is 6.18 Å². The number of halogens is 3. The molecule has 0 aromatic heterocycles. The van der Waals surface area contributed by atoms with Crippen molar-refractivity contribution in [1.29, 1.82) is 0 Å². The second kappa shape index (κ2) is 4.39. The first-order valence-electron chi connectivity index (χ1n) is 4.94. The van der Waals surface area contributed by atoms with Crippen molar-refractivity contribution in [1.82, 2.24) is 10.3 Å². The van der Waals surface area contributed by atoms with Gasteiger partial charge in [0.2, 0.25) is 0 Å². The molecule has 8 heteroatoms. The van der Waals surface area contributed by atoms with Gasteiger partial charge in [-0.25, -0.2) is 5.06 Å². The standard InChI is InChI=1S/C10H10F3N3O2/c11-10(12,13)8-4-2-1-3-7(8)5-15-6-9(14)16(17)18-15/h1-4,6,17H,5,14H2. The summed E-state index contributed by atoms with van der Waals surface area (Å²) in [6.07, 6.45) is -3.25. The van der Waals surface area contributed by atoms with Gasteiger partial charge in [-0.05, 0) is 11.6 Å². The largest absolute Gasteiger partial charge is 0.416 e. The van der Waals surface area contributed by atoms with Gasteiger partial charge in [0.1, 0.15) is 0 Å². The molecule has 18 heavy (non-hydrogen) atoms. The average molecular weight is 261 g/mol. The second-order valence-corrected chi connectivity index (χ2v) is 3.64. The highest BCUT2D eigenvalue weighted by Crippen LogP contribution is 2.32. The summed E-state index contributed by atoms with van der Waals surface area (Å²) in [6.45, 7) is -0.187. The maximum atomic E-state index is 12.7. The van der Waals surface area contributed by atoms with Crippen LogP contribution in [0.15, 0.2) is 36.3 Å². The summed E-state index contributed by atoms with van der Waals surface area (Å²) in [4.78, 5) is 4.68. The minimum Gasteiger partial charge on any atom is -0.380 e. The number of nitrogens with zero attached hydrogens (tertiary/aromatic N) is 2. The maximum absolute atomic E-state index is 12.7. The molecule has 1 aromatic carbocycles. The Balaban J connectivity index is 2.21. The van der Waals surface area contributed by atoms with Crippen molar-refractivity contribution >= 4 is 0 Å². The number of hydrogen-bond acceptors (Lipinski definition) is 5. The van der Waals surface area contributed by atoms with E-state index in [9.17, 15) is 13.2 Å². The highest BCUT2D eigenvalue weighted by atomic mass is 19.4. The van der Waals surface area contributed by atoms with Gasteiger partial charge in [0.25, 0.3) is 0 Å². The zero-order valence-corrected chi connectivity index (χ0v) is 9.05. The first kappa shape index (κ1) is 12.5. The van der Waals surface area contributed by atoms with Crippen LogP contribution < -0.4 is 5.73 Å². The van der Waals surface area contributed by atoms with E-state index in [1.807, 2.05) is 0 Å². The number of alkyl halides is 3. The SMILES string of the molecule is NC1=CN(Cc2ccccc2C(F)(F)F)ON1O. The van der Waals surface area contributed by atoms with Crippen LogP contribution in [0.3, 0.4) is 0 Å². The van der Waals surface area contributed by atoms with Crippen molar-refractivity contribution in [3.63, 3.8) is 0 Å². The summed E-state index contributed by atoms with van der Waals surface area (Å²) in [7, 11) is 0. The number of benzene rings is 1. The zero-order valence-electron chi connectivity index (χ0n) is 9.05. The summed E-state index contributed by atoms with van der Waals surface area (Å²) in [6, 6.07) is 5.11. The molecule has 0 spiro atoms. The fourth-order valence-corrected chi connectivity index (χ4v) is 1.54. The van der Waals surface area contributed by atoms with Crippen molar-refractivity contribution in [2.45, 2.75) is 12.7 Å². The topological polar surface area (TPSA) is 62.0 Å². The highest BCUT2D eigenvalue weighted by Gasteiger charge is 2.33. The molecule has 0 aliphatic carbocycles. The Bertz CT molecular complexity index is 476. The Kier molecular flexibility index (Phi) is 3.05. The fourth-order valence-electron chi connectivity index (χ4n) is 1.54. The lowest BCUT2D eigenvalue weighted by molar-refractivity contribution is -0.389. The number of nitrogens with two attached hydrogens (primary N) is 1. The Labute approximate surface area is 100 Å². The molecule has 98 valence electrons. The van der Waals surface area contributed by atoms with E-state index in [-0.39, 0.29) is 23.2 Å². The monoisotopic (exact) mass is 261 g/mol. The molecule has 0 fully saturated rings. The second-order valence-electron chi connectivity index (χ2n) is 3.64. The summed E-state index contributed by atoms with van der Waals surface area (Å²) >= 11 is 0. The Morgan fingerprint density at radius 3 is 2.50 bits per heavy atom. The van der Waals surface area contributed by atoms with E-state index in [0.717, 1.165) is 11.1 Å². The van der Waals surface area contributed by atoms with Crippen molar-refractivity contribution in [2.75, 3.05) is 0 Å². The molecule has 0 unspecified atom stereocenters. The van der Waals surface area contributed by atoms with Crippen LogP contribution in [0.25, 0.3) is 0 Å². The lowest BCUT2D eigenvalue weighted by Crippen LogP contribution is -2.23. The Morgan fingerprint density at radius 2 is 1.94 bits per heavy atom. The molecule has 0 amide bonds. The van der Waals surface area contributed by atoms with E-state index < -0.39 is 11.7 Å². The predicted molar refractivity (Wildman–Crippen MR) is 54.0 cm³/mol. The molecular weight excluding hydrogens is 251 g/mol. The van der Waals surface area contributed by atoms with E-state index in [1.54, 1.807) is 0 Å². The lowest BCUT2D eigenvalue weighted by atomic mass is 10.1. The molecule has 0 radical (unpaired) electrons.